The van der Waals surface area contributed by atoms with Gasteiger partial charge in [-0.2, -0.15) is 5.10 Å². The first-order chi connectivity index (χ1) is 11.3. The van der Waals surface area contributed by atoms with Crippen molar-refractivity contribution >= 4 is 15.8 Å². The van der Waals surface area contributed by atoms with E-state index in [2.05, 4.69) is 5.10 Å². The van der Waals surface area contributed by atoms with Gasteiger partial charge in [0.05, 0.1) is 5.69 Å². The van der Waals surface area contributed by atoms with Crippen molar-refractivity contribution in [2.75, 3.05) is 6.26 Å². The zero-order chi connectivity index (χ0) is 19.2. The van der Waals surface area contributed by atoms with Crippen LogP contribution in [0.5, 0.6) is 0 Å². The minimum atomic E-state index is -3.58. The molecule has 0 radical (unpaired) electrons. The standard InChI is InChI=1S/C16H18F2N2O4S/c1-10-13(25(4,23)24)9-20(19-10)15(2,14(21)22)11-5-7-12(8-6-11)16(3,17)18/h5-9H,1-4H3,(H,21,22). The number of aryl methyl sites for hydroxylation is 1. The minimum absolute atomic E-state index is 0.0864. The highest BCUT2D eigenvalue weighted by molar-refractivity contribution is 7.90. The Labute approximate surface area is 144 Å². The lowest BCUT2D eigenvalue weighted by Gasteiger charge is -2.26. The molecule has 0 saturated heterocycles. The quantitative estimate of drug-likeness (QED) is 0.871. The van der Waals surface area contributed by atoms with Crippen LogP contribution in [0.3, 0.4) is 0 Å². The lowest BCUT2D eigenvalue weighted by molar-refractivity contribution is -0.144. The molecule has 2 rings (SSSR count). The number of carboxylic acids is 1. The molecule has 0 aliphatic rings. The van der Waals surface area contributed by atoms with Gasteiger partial charge in [-0.25, -0.2) is 26.7 Å². The van der Waals surface area contributed by atoms with Crippen LogP contribution in [0.15, 0.2) is 35.4 Å². The fraction of sp³-hybridized carbons (Fsp3) is 0.375. The molecule has 25 heavy (non-hydrogen) atoms. The van der Waals surface area contributed by atoms with Gasteiger partial charge in [-0.3, -0.25) is 0 Å². The molecule has 0 fully saturated rings. The largest absolute Gasteiger partial charge is 0.479 e. The molecular weight excluding hydrogens is 354 g/mol. The predicted octanol–water partition coefficient (Wildman–Crippen LogP) is 2.55. The van der Waals surface area contributed by atoms with Gasteiger partial charge in [0.25, 0.3) is 5.92 Å². The molecule has 0 spiro atoms. The maximum absolute atomic E-state index is 13.4. The normalized spacial score (nSPS) is 15.0. The zero-order valence-corrected chi connectivity index (χ0v) is 14.9. The Balaban J connectivity index is 2.62. The summed E-state index contributed by atoms with van der Waals surface area (Å²) in [6.07, 6.45) is 2.14. The van der Waals surface area contributed by atoms with E-state index in [1.165, 1.54) is 26.0 Å². The number of carboxylic acid groups (broad SMARTS) is 1. The average Bonchev–Trinajstić information content (AvgIpc) is 2.88. The summed E-state index contributed by atoms with van der Waals surface area (Å²) >= 11 is 0. The van der Waals surface area contributed by atoms with Crippen LogP contribution >= 0.6 is 0 Å². The summed E-state index contributed by atoms with van der Waals surface area (Å²) in [7, 11) is -3.58. The van der Waals surface area contributed by atoms with Gasteiger partial charge in [-0.05, 0) is 19.4 Å². The van der Waals surface area contributed by atoms with Gasteiger partial charge in [-0.1, -0.05) is 24.3 Å². The number of nitrogens with zero attached hydrogens (tertiary/aromatic N) is 2. The van der Waals surface area contributed by atoms with Crippen LogP contribution in [0.2, 0.25) is 0 Å². The average molecular weight is 372 g/mol. The van der Waals surface area contributed by atoms with Crippen molar-refractivity contribution in [3.8, 4) is 0 Å². The first-order valence-corrected chi connectivity index (χ1v) is 9.16. The van der Waals surface area contributed by atoms with E-state index in [4.69, 9.17) is 0 Å². The highest BCUT2D eigenvalue weighted by atomic mass is 32.2. The highest BCUT2D eigenvalue weighted by Gasteiger charge is 2.40. The van der Waals surface area contributed by atoms with Crippen LogP contribution in [-0.2, 0) is 26.1 Å². The second kappa shape index (κ2) is 5.91. The van der Waals surface area contributed by atoms with E-state index >= 15 is 0 Å². The molecule has 2 aromatic rings. The summed E-state index contributed by atoms with van der Waals surface area (Å²) in [5.41, 5.74) is -1.66. The van der Waals surface area contributed by atoms with E-state index in [0.717, 1.165) is 36.2 Å². The second-order valence-corrected chi connectivity index (χ2v) is 8.12. The molecule has 1 aromatic heterocycles. The minimum Gasteiger partial charge on any atom is -0.479 e. The van der Waals surface area contributed by atoms with E-state index in [1.54, 1.807) is 0 Å². The van der Waals surface area contributed by atoms with Crippen molar-refractivity contribution in [2.24, 2.45) is 0 Å². The molecule has 0 saturated carbocycles. The van der Waals surface area contributed by atoms with Gasteiger partial charge in [0.2, 0.25) is 0 Å². The number of aliphatic carboxylic acids is 1. The third-order valence-electron chi connectivity index (χ3n) is 4.08. The Morgan fingerprint density at radius 3 is 2.00 bits per heavy atom. The molecule has 1 heterocycles. The lowest BCUT2D eigenvalue weighted by atomic mass is 9.91. The van der Waals surface area contributed by atoms with E-state index in [-0.39, 0.29) is 21.7 Å². The van der Waals surface area contributed by atoms with Crippen molar-refractivity contribution in [3.05, 3.63) is 47.3 Å². The summed E-state index contributed by atoms with van der Waals surface area (Å²) in [4.78, 5) is 11.8. The van der Waals surface area contributed by atoms with Gasteiger partial charge >= 0.3 is 5.97 Å². The summed E-state index contributed by atoms with van der Waals surface area (Å²) in [5.74, 6) is -4.35. The van der Waals surface area contributed by atoms with Crippen LogP contribution in [0.25, 0.3) is 0 Å². The Hall–Kier alpha value is -2.29. The van der Waals surface area contributed by atoms with Gasteiger partial charge in [0.15, 0.2) is 15.4 Å². The molecule has 1 unspecified atom stereocenters. The monoisotopic (exact) mass is 372 g/mol. The predicted molar refractivity (Wildman–Crippen MR) is 86.5 cm³/mol. The highest BCUT2D eigenvalue weighted by Crippen LogP contribution is 2.32. The van der Waals surface area contributed by atoms with E-state index in [9.17, 15) is 27.1 Å². The number of hydrogen-bond donors (Lipinski definition) is 1. The molecule has 0 aliphatic heterocycles. The Kier molecular flexibility index (Phi) is 4.50. The molecule has 9 heteroatoms. The summed E-state index contributed by atoms with van der Waals surface area (Å²) in [6.45, 7) is 3.52. The molecule has 1 atom stereocenters. The van der Waals surface area contributed by atoms with Gasteiger partial charge < -0.3 is 5.11 Å². The number of benzene rings is 1. The van der Waals surface area contributed by atoms with E-state index < -0.39 is 27.3 Å². The topological polar surface area (TPSA) is 89.3 Å². The number of carbonyl (C=O) groups is 1. The fourth-order valence-electron chi connectivity index (χ4n) is 2.48. The zero-order valence-electron chi connectivity index (χ0n) is 14.1. The molecule has 6 nitrogen and oxygen atoms in total. The first kappa shape index (κ1) is 19.0. The van der Waals surface area contributed by atoms with Gasteiger partial charge in [-0.15, -0.1) is 0 Å². The van der Waals surface area contributed by atoms with Crippen LogP contribution < -0.4 is 0 Å². The number of aromatic nitrogens is 2. The fourth-order valence-corrected chi connectivity index (χ4v) is 3.35. The Morgan fingerprint density at radius 2 is 1.64 bits per heavy atom. The van der Waals surface area contributed by atoms with Crippen LogP contribution in [-0.4, -0.2) is 35.5 Å². The molecule has 0 bridgehead atoms. The van der Waals surface area contributed by atoms with Crippen molar-refractivity contribution in [1.29, 1.82) is 0 Å². The first-order valence-electron chi connectivity index (χ1n) is 7.27. The van der Waals surface area contributed by atoms with Crippen molar-refractivity contribution < 1.29 is 27.1 Å². The number of hydrogen-bond acceptors (Lipinski definition) is 4. The van der Waals surface area contributed by atoms with Crippen molar-refractivity contribution in [1.82, 2.24) is 9.78 Å². The summed E-state index contributed by atoms with van der Waals surface area (Å²) in [6, 6.07) is 4.84. The van der Waals surface area contributed by atoms with Gasteiger partial charge in [0.1, 0.15) is 4.90 Å². The number of halogens is 2. The van der Waals surface area contributed by atoms with Crippen molar-refractivity contribution in [3.63, 3.8) is 0 Å². The second-order valence-electron chi connectivity index (χ2n) is 6.14. The molecule has 1 N–H and O–H groups in total. The number of alkyl halides is 2. The summed E-state index contributed by atoms with van der Waals surface area (Å²) in [5, 5.41) is 13.7. The third kappa shape index (κ3) is 3.41. The SMILES string of the molecule is Cc1nn(C(C)(C(=O)O)c2ccc(C(C)(F)F)cc2)cc1S(C)(=O)=O. The Morgan fingerprint density at radius 1 is 1.16 bits per heavy atom. The number of rotatable bonds is 5. The molecule has 0 aliphatic carbocycles. The summed E-state index contributed by atoms with van der Waals surface area (Å²) < 4.78 is 51.3. The van der Waals surface area contributed by atoms with E-state index in [0.29, 0.717) is 0 Å². The molecule has 0 amide bonds. The maximum Gasteiger partial charge on any atom is 0.336 e. The van der Waals surface area contributed by atoms with Gasteiger partial charge in [0, 0.05) is 24.9 Å². The molecular formula is C16H18F2N2O4S. The van der Waals surface area contributed by atoms with Crippen LogP contribution in [0.1, 0.15) is 30.7 Å². The molecule has 136 valence electrons. The maximum atomic E-state index is 13.4. The van der Waals surface area contributed by atoms with E-state index in [1.807, 2.05) is 0 Å². The van der Waals surface area contributed by atoms with Crippen LogP contribution in [0, 0.1) is 6.92 Å². The third-order valence-corrected chi connectivity index (χ3v) is 5.28. The molecule has 1 aromatic carbocycles. The number of sulfone groups is 1. The lowest BCUT2D eigenvalue weighted by Crippen LogP contribution is -2.40. The smallest absolute Gasteiger partial charge is 0.336 e. The van der Waals surface area contributed by atoms with Crippen LogP contribution in [0.4, 0.5) is 8.78 Å². The Bertz CT molecular complexity index is 915. The van der Waals surface area contributed by atoms with Crippen molar-refractivity contribution in [2.45, 2.75) is 37.1 Å².